The fourth-order valence-corrected chi connectivity index (χ4v) is 2.87. The van der Waals surface area contributed by atoms with Gasteiger partial charge in [0.15, 0.2) is 11.5 Å². The number of rotatable bonds is 3. The first-order chi connectivity index (χ1) is 9.76. The Morgan fingerprint density at radius 1 is 1.30 bits per heavy atom. The summed E-state index contributed by atoms with van der Waals surface area (Å²) in [6.07, 6.45) is 7.82. The number of hydrogen-bond acceptors (Lipinski definition) is 3. The molecule has 1 aliphatic carbocycles. The molecule has 5 nitrogen and oxygen atoms in total. The quantitative estimate of drug-likeness (QED) is 0.816. The van der Waals surface area contributed by atoms with Crippen LogP contribution in [0.2, 0.25) is 0 Å². The van der Waals surface area contributed by atoms with E-state index in [9.17, 15) is 4.79 Å². The smallest absolute Gasteiger partial charge is 0.228 e. The van der Waals surface area contributed by atoms with E-state index >= 15 is 0 Å². The Bertz CT molecular complexity index is 692. The summed E-state index contributed by atoms with van der Waals surface area (Å²) in [5, 5.41) is 0. The number of aromatic nitrogens is 3. The van der Waals surface area contributed by atoms with Crippen molar-refractivity contribution in [1.82, 2.24) is 14.4 Å². The first-order valence-electron chi connectivity index (χ1n) is 7.01. The van der Waals surface area contributed by atoms with E-state index in [0.717, 1.165) is 30.0 Å². The molecule has 20 heavy (non-hydrogen) atoms. The van der Waals surface area contributed by atoms with Gasteiger partial charge in [0.1, 0.15) is 0 Å². The lowest BCUT2D eigenvalue weighted by molar-refractivity contribution is -0.117. The molecule has 1 aliphatic heterocycles. The van der Waals surface area contributed by atoms with E-state index in [0.29, 0.717) is 24.0 Å². The van der Waals surface area contributed by atoms with Crippen LogP contribution in [0.5, 0.6) is 0 Å². The normalized spacial score (nSPS) is 19.2. The monoisotopic (exact) mass is 290 g/mol. The Kier molecular flexibility index (Phi) is 2.70. The van der Waals surface area contributed by atoms with Gasteiger partial charge >= 0.3 is 0 Å². The number of anilines is 1. The molecule has 6 heteroatoms. The van der Waals surface area contributed by atoms with Crippen molar-refractivity contribution >= 4 is 29.0 Å². The Morgan fingerprint density at radius 2 is 2.15 bits per heavy atom. The lowest BCUT2D eigenvalue weighted by Crippen LogP contribution is -2.26. The van der Waals surface area contributed by atoms with Crippen LogP contribution in [0.3, 0.4) is 0 Å². The molecule has 0 aromatic carbocycles. The van der Waals surface area contributed by atoms with E-state index in [1.54, 1.807) is 4.90 Å². The average Bonchev–Trinajstić information content (AvgIpc) is 3.08. The predicted molar refractivity (Wildman–Crippen MR) is 76.1 cm³/mol. The molecule has 2 fully saturated rings. The van der Waals surface area contributed by atoms with Gasteiger partial charge in [0.25, 0.3) is 0 Å². The number of carbonyl (C=O) groups excluding carboxylic acids is 1. The van der Waals surface area contributed by atoms with E-state index in [1.807, 2.05) is 16.8 Å². The second kappa shape index (κ2) is 4.45. The number of halogens is 1. The highest BCUT2D eigenvalue weighted by molar-refractivity contribution is 6.16. The first kappa shape index (κ1) is 12.1. The molecule has 1 amide bonds. The van der Waals surface area contributed by atoms with Crippen LogP contribution in [-0.4, -0.2) is 26.8 Å². The van der Waals surface area contributed by atoms with Crippen LogP contribution in [-0.2, 0) is 10.7 Å². The van der Waals surface area contributed by atoms with Crippen LogP contribution in [0.15, 0.2) is 12.4 Å². The van der Waals surface area contributed by atoms with Crippen molar-refractivity contribution in [2.45, 2.75) is 37.5 Å². The maximum Gasteiger partial charge on any atom is 0.228 e. The van der Waals surface area contributed by atoms with Gasteiger partial charge in [-0.25, -0.2) is 9.97 Å². The molecule has 2 aromatic heterocycles. The minimum absolute atomic E-state index is 0.141. The highest BCUT2D eigenvalue weighted by Crippen LogP contribution is 2.40. The standard InChI is InChI=1S/C14H15ClN4O/c15-6-10-7-18-8-11(9-3-4-9)17-14(13(18)16-10)19-5-1-2-12(19)20/h7-9H,1-6H2. The molecule has 0 bridgehead atoms. The number of carbonyl (C=O) groups is 1. The first-order valence-corrected chi connectivity index (χ1v) is 7.54. The van der Waals surface area contributed by atoms with Gasteiger partial charge < -0.3 is 4.40 Å². The lowest BCUT2D eigenvalue weighted by Gasteiger charge is -2.16. The second-order valence-electron chi connectivity index (χ2n) is 5.51. The number of imidazole rings is 1. The molecule has 4 rings (SSSR count). The third kappa shape index (κ3) is 1.88. The predicted octanol–water partition coefficient (Wildman–Crippen LogP) is 2.47. The molecule has 1 saturated heterocycles. The van der Waals surface area contributed by atoms with Crippen molar-refractivity contribution in [3.05, 3.63) is 23.8 Å². The molecule has 0 N–H and O–H groups in total. The zero-order valence-corrected chi connectivity index (χ0v) is 11.8. The zero-order chi connectivity index (χ0) is 13.7. The van der Waals surface area contributed by atoms with Crippen molar-refractivity contribution in [2.24, 2.45) is 0 Å². The van der Waals surface area contributed by atoms with Crippen LogP contribution in [0.1, 0.15) is 43.0 Å². The van der Waals surface area contributed by atoms with Crippen molar-refractivity contribution in [3.63, 3.8) is 0 Å². The van der Waals surface area contributed by atoms with E-state index in [1.165, 1.54) is 12.8 Å². The van der Waals surface area contributed by atoms with E-state index in [2.05, 4.69) is 4.98 Å². The van der Waals surface area contributed by atoms with Gasteiger partial charge in [0.2, 0.25) is 5.91 Å². The lowest BCUT2D eigenvalue weighted by atomic mass is 10.3. The third-order valence-electron chi connectivity index (χ3n) is 3.95. The van der Waals surface area contributed by atoms with Gasteiger partial charge in [-0.05, 0) is 19.3 Å². The number of alkyl halides is 1. The summed E-state index contributed by atoms with van der Waals surface area (Å²) >= 11 is 5.88. The van der Waals surface area contributed by atoms with E-state index in [4.69, 9.17) is 16.6 Å². The van der Waals surface area contributed by atoms with Crippen molar-refractivity contribution < 1.29 is 4.79 Å². The van der Waals surface area contributed by atoms with Crippen LogP contribution in [0.4, 0.5) is 5.82 Å². The minimum atomic E-state index is 0.141. The largest absolute Gasteiger partial charge is 0.302 e. The topological polar surface area (TPSA) is 50.5 Å². The Morgan fingerprint density at radius 3 is 2.80 bits per heavy atom. The Labute approximate surface area is 121 Å². The average molecular weight is 291 g/mol. The highest BCUT2D eigenvalue weighted by Gasteiger charge is 2.30. The number of hydrogen-bond donors (Lipinski definition) is 0. The summed E-state index contributed by atoms with van der Waals surface area (Å²) in [5.41, 5.74) is 2.61. The second-order valence-corrected chi connectivity index (χ2v) is 5.78. The molecule has 2 aromatic rings. The molecule has 0 spiro atoms. The third-order valence-corrected chi connectivity index (χ3v) is 4.22. The van der Waals surface area contributed by atoms with E-state index in [-0.39, 0.29) is 5.91 Å². The maximum absolute atomic E-state index is 12.0. The fourth-order valence-electron chi connectivity index (χ4n) is 2.75. The van der Waals surface area contributed by atoms with Crippen molar-refractivity contribution in [3.8, 4) is 0 Å². The number of fused-ring (bicyclic) bond motifs is 1. The van der Waals surface area contributed by atoms with Gasteiger partial charge in [0.05, 0.1) is 17.3 Å². The highest BCUT2D eigenvalue weighted by atomic mass is 35.5. The summed E-state index contributed by atoms with van der Waals surface area (Å²) in [4.78, 5) is 23.0. The SMILES string of the molecule is O=C1CCCN1c1nc(C2CC2)cn2cc(CCl)nc12. The van der Waals surface area contributed by atoms with Gasteiger partial charge in [0, 0.05) is 31.3 Å². The molecule has 0 atom stereocenters. The van der Waals surface area contributed by atoms with Crippen molar-refractivity contribution in [2.75, 3.05) is 11.4 Å². The summed E-state index contributed by atoms with van der Waals surface area (Å²) in [7, 11) is 0. The van der Waals surface area contributed by atoms with E-state index < -0.39 is 0 Å². The number of nitrogens with zero attached hydrogens (tertiary/aromatic N) is 4. The molecule has 3 heterocycles. The maximum atomic E-state index is 12.0. The Hall–Kier alpha value is -1.62. The number of amides is 1. The fraction of sp³-hybridized carbons (Fsp3) is 0.500. The molecular weight excluding hydrogens is 276 g/mol. The Balaban J connectivity index is 1.90. The summed E-state index contributed by atoms with van der Waals surface area (Å²) < 4.78 is 1.97. The van der Waals surface area contributed by atoms with Crippen LogP contribution < -0.4 is 4.90 Å². The molecule has 0 radical (unpaired) electrons. The van der Waals surface area contributed by atoms with Crippen molar-refractivity contribution in [1.29, 1.82) is 0 Å². The van der Waals surface area contributed by atoms with Crippen LogP contribution in [0, 0.1) is 0 Å². The van der Waals surface area contributed by atoms with Gasteiger partial charge in [-0.3, -0.25) is 9.69 Å². The summed E-state index contributed by atoms with van der Waals surface area (Å²) in [6.45, 7) is 0.735. The minimum Gasteiger partial charge on any atom is -0.302 e. The zero-order valence-electron chi connectivity index (χ0n) is 11.0. The van der Waals surface area contributed by atoms with Gasteiger partial charge in [-0.1, -0.05) is 0 Å². The molecule has 1 saturated carbocycles. The summed E-state index contributed by atoms with van der Waals surface area (Å²) in [5.74, 6) is 1.75. The van der Waals surface area contributed by atoms with Gasteiger partial charge in [-0.15, -0.1) is 11.6 Å². The molecule has 0 unspecified atom stereocenters. The van der Waals surface area contributed by atoms with Crippen LogP contribution >= 0.6 is 11.6 Å². The van der Waals surface area contributed by atoms with Gasteiger partial charge in [-0.2, -0.15) is 0 Å². The molecule has 104 valence electrons. The van der Waals surface area contributed by atoms with Crippen LogP contribution in [0.25, 0.3) is 5.65 Å². The summed E-state index contributed by atoms with van der Waals surface area (Å²) in [6, 6.07) is 0. The molecule has 2 aliphatic rings. The molecular formula is C14H15ClN4O.